The fourth-order valence-electron chi connectivity index (χ4n) is 2.46. The molecular weight excluding hydrogens is 304 g/mol. The van der Waals surface area contributed by atoms with E-state index in [1.54, 1.807) is 0 Å². The quantitative estimate of drug-likeness (QED) is 0.798. The van der Waals surface area contributed by atoms with Crippen molar-refractivity contribution in [2.75, 3.05) is 19.8 Å². The van der Waals surface area contributed by atoms with Crippen LogP contribution in [0.2, 0.25) is 0 Å². The van der Waals surface area contributed by atoms with E-state index in [-0.39, 0.29) is 30.3 Å². The third kappa shape index (κ3) is 4.49. The summed E-state index contributed by atoms with van der Waals surface area (Å²) in [6.07, 6.45) is 2.24. The van der Waals surface area contributed by atoms with Gasteiger partial charge in [-0.3, -0.25) is 14.6 Å². The van der Waals surface area contributed by atoms with Crippen LogP contribution < -0.4 is 0 Å². The van der Waals surface area contributed by atoms with E-state index in [1.165, 1.54) is 17.0 Å². The van der Waals surface area contributed by atoms with Crippen molar-refractivity contribution in [1.82, 2.24) is 9.88 Å². The van der Waals surface area contributed by atoms with Crippen molar-refractivity contribution in [3.63, 3.8) is 0 Å². The number of pyridine rings is 1. The lowest BCUT2D eigenvalue weighted by Gasteiger charge is -2.33. The number of hydrogen-bond donors (Lipinski definition) is 2. The van der Waals surface area contributed by atoms with Gasteiger partial charge in [-0.15, -0.1) is 0 Å². The average molecular weight is 322 g/mol. The topological polar surface area (TPSA) is 117 Å². The second-order valence-corrected chi connectivity index (χ2v) is 5.22. The highest BCUT2D eigenvalue weighted by molar-refractivity contribution is 5.94. The van der Waals surface area contributed by atoms with Crippen LogP contribution in [-0.2, 0) is 9.53 Å². The minimum atomic E-state index is -1.12. The number of carboxylic acids is 2. The normalized spacial score (nSPS) is 15.1. The summed E-state index contributed by atoms with van der Waals surface area (Å²) in [5, 5.41) is 17.7. The largest absolute Gasteiger partial charge is 0.481 e. The van der Waals surface area contributed by atoms with Crippen LogP contribution in [0, 0.1) is 0 Å². The molecule has 1 aromatic heterocycles. The molecule has 0 unspecified atom stereocenters. The zero-order valence-corrected chi connectivity index (χ0v) is 12.5. The van der Waals surface area contributed by atoms with Gasteiger partial charge in [-0.1, -0.05) is 0 Å². The first kappa shape index (κ1) is 16.9. The molecule has 0 aliphatic carbocycles. The van der Waals surface area contributed by atoms with Crippen LogP contribution in [0.4, 0.5) is 0 Å². The molecule has 0 spiro atoms. The van der Waals surface area contributed by atoms with Crippen LogP contribution >= 0.6 is 0 Å². The van der Waals surface area contributed by atoms with Crippen LogP contribution in [0.25, 0.3) is 0 Å². The van der Waals surface area contributed by atoms with Crippen molar-refractivity contribution in [3.8, 4) is 0 Å². The summed E-state index contributed by atoms with van der Waals surface area (Å²) >= 11 is 0. The molecule has 2 heterocycles. The molecule has 1 aliphatic heterocycles. The number of rotatable bonds is 6. The van der Waals surface area contributed by atoms with Crippen LogP contribution in [-0.4, -0.2) is 63.7 Å². The summed E-state index contributed by atoms with van der Waals surface area (Å²) in [4.78, 5) is 39.7. The zero-order chi connectivity index (χ0) is 16.8. The molecule has 2 N–H and O–H groups in total. The third-order valence-electron chi connectivity index (χ3n) is 3.69. The van der Waals surface area contributed by atoms with Crippen LogP contribution in [0.3, 0.4) is 0 Å². The van der Waals surface area contributed by atoms with E-state index in [2.05, 4.69) is 4.98 Å². The SMILES string of the molecule is O=C(O)CCN(C(=O)c1ccc(C(=O)O)cn1)C1CCOCC1. The molecule has 0 aromatic carbocycles. The molecule has 0 radical (unpaired) electrons. The Morgan fingerprint density at radius 1 is 1.22 bits per heavy atom. The molecule has 8 nitrogen and oxygen atoms in total. The van der Waals surface area contributed by atoms with E-state index in [0.717, 1.165) is 6.20 Å². The standard InChI is InChI=1S/C15H18N2O6/c18-13(19)3-6-17(11-4-7-23-8-5-11)14(20)12-2-1-10(9-16-12)15(21)22/h1-2,9,11H,3-8H2,(H,18,19)(H,21,22). The van der Waals surface area contributed by atoms with Crippen LogP contribution in [0.15, 0.2) is 18.3 Å². The monoisotopic (exact) mass is 322 g/mol. The van der Waals surface area contributed by atoms with Crippen molar-refractivity contribution in [3.05, 3.63) is 29.6 Å². The highest BCUT2D eigenvalue weighted by Gasteiger charge is 2.27. The Balaban J connectivity index is 2.16. The Morgan fingerprint density at radius 3 is 2.43 bits per heavy atom. The summed E-state index contributed by atoms with van der Waals surface area (Å²) in [6.45, 7) is 1.13. The molecule has 1 amide bonds. The van der Waals surface area contributed by atoms with E-state index in [0.29, 0.717) is 26.1 Å². The number of aromatic carboxylic acids is 1. The number of carbonyl (C=O) groups excluding carboxylic acids is 1. The molecule has 124 valence electrons. The lowest BCUT2D eigenvalue weighted by molar-refractivity contribution is -0.137. The van der Waals surface area contributed by atoms with Gasteiger partial charge in [-0.05, 0) is 25.0 Å². The lowest BCUT2D eigenvalue weighted by Crippen LogP contribution is -2.44. The Bertz CT molecular complexity index is 580. The van der Waals surface area contributed by atoms with Gasteiger partial charge in [0.05, 0.1) is 12.0 Å². The number of ether oxygens (including phenoxy) is 1. The van der Waals surface area contributed by atoms with Crippen molar-refractivity contribution >= 4 is 17.8 Å². The van der Waals surface area contributed by atoms with E-state index in [4.69, 9.17) is 14.9 Å². The fraction of sp³-hybridized carbons (Fsp3) is 0.467. The maximum atomic E-state index is 12.6. The summed E-state index contributed by atoms with van der Waals surface area (Å²) in [7, 11) is 0. The number of aromatic nitrogens is 1. The van der Waals surface area contributed by atoms with Gasteiger partial charge in [0, 0.05) is 32.0 Å². The van der Waals surface area contributed by atoms with E-state index >= 15 is 0 Å². The summed E-state index contributed by atoms with van der Waals surface area (Å²) in [5.41, 5.74) is 0.0941. The minimum absolute atomic E-state index is 0.00953. The number of hydrogen-bond acceptors (Lipinski definition) is 5. The predicted octanol–water partition coefficient (Wildman–Crippen LogP) is 0.876. The molecule has 0 saturated carbocycles. The van der Waals surface area contributed by atoms with Crippen LogP contribution in [0.5, 0.6) is 0 Å². The molecule has 2 rings (SSSR count). The molecule has 1 saturated heterocycles. The summed E-state index contributed by atoms with van der Waals surface area (Å²) in [5.74, 6) is -2.50. The minimum Gasteiger partial charge on any atom is -0.481 e. The van der Waals surface area contributed by atoms with Crippen molar-refractivity contribution in [1.29, 1.82) is 0 Å². The number of nitrogens with zero attached hydrogens (tertiary/aromatic N) is 2. The van der Waals surface area contributed by atoms with Gasteiger partial charge in [0.25, 0.3) is 5.91 Å². The molecule has 0 bridgehead atoms. The third-order valence-corrected chi connectivity index (χ3v) is 3.69. The van der Waals surface area contributed by atoms with Crippen molar-refractivity contribution in [2.45, 2.75) is 25.3 Å². The van der Waals surface area contributed by atoms with Crippen LogP contribution in [0.1, 0.15) is 40.1 Å². The average Bonchev–Trinajstić information content (AvgIpc) is 2.55. The molecular formula is C15H18N2O6. The highest BCUT2D eigenvalue weighted by atomic mass is 16.5. The maximum absolute atomic E-state index is 12.6. The smallest absolute Gasteiger partial charge is 0.337 e. The van der Waals surface area contributed by atoms with Gasteiger partial charge in [0.1, 0.15) is 5.69 Å². The first-order valence-electron chi connectivity index (χ1n) is 7.29. The van der Waals surface area contributed by atoms with Gasteiger partial charge >= 0.3 is 11.9 Å². The summed E-state index contributed by atoms with van der Waals surface area (Å²) < 4.78 is 5.27. The number of amides is 1. The molecule has 1 fully saturated rings. The van der Waals surface area contributed by atoms with E-state index in [1.807, 2.05) is 0 Å². The summed E-state index contributed by atoms with van der Waals surface area (Å²) in [6, 6.07) is 2.55. The first-order chi connectivity index (χ1) is 11.0. The number of carbonyl (C=O) groups is 3. The number of carboxylic acid groups (broad SMARTS) is 2. The van der Waals surface area contributed by atoms with Gasteiger partial charge in [-0.2, -0.15) is 0 Å². The molecule has 0 atom stereocenters. The Morgan fingerprint density at radius 2 is 1.91 bits per heavy atom. The van der Waals surface area contributed by atoms with Gasteiger partial charge in [0.15, 0.2) is 0 Å². The van der Waals surface area contributed by atoms with Crippen molar-refractivity contribution < 1.29 is 29.3 Å². The lowest BCUT2D eigenvalue weighted by atomic mass is 10.1. The van der Waals surface area contributed by atoms with Crippen molar-refractivity contribution in [2.24, 2.45) is 0 Å². The Kier molecular flexibility index (Phi) is 5.64. The Labute approximate surface area is 132 Å². The molecule has 1 aromatic rings. The predicted molar refractivity (Wildman–Crippen MR) is 78.3 cm³/mol. The second-order valence-electron chi connectivity index (χ2n) is 5.22. The first-order valence-corrected chi connectivity index (χ1v) is 7.29. The molecule has 8 heteroatoms. The van der Waals surface area contributed by atoms with Gasteiger partial charge in [-0.25, -0.2) is 4.79 Å². The van der Waals surface area contributed by atoms with Gasteiger partial charge in [0.2, 0.25) is 0 Å². The number of aliphatic carboxylic acids is 1. The van der Waals surface area contributed by atoms with Gasteiger partial charge < -0.3 is 19.8 Å². The Hall–Kier alpha value is -2.48. The zero-order valence-electron chi connectivity index (χ0n) is 12.5. The molecule has 1 aliphatic rings. The highest BCUT2D eigenvalue weighted by Crippen LogP contribution is 2.17. The van der Waals surface area contributed by atoms with E-state index in [9.17, 15) is 14.4 Å². The molecule has 23 heavy (non-hydrogen) atoms. The maximum Gasteiger partial charge on any atom is 0.337 e. The second kappa shape index (κ2) is 7.68. The fourth-order valence-corrected chi connectivity index (χ4v) is 2.46. The van der Waals surface area contributed by atoms with E-state index < -0.39 is 17.8 Å².